The monoisotopic (exact) mass is 425 g/mol. The highest BCUT2D eigenvalue weighted by Gasteiger charge is 2.20. The number of likely N-dealkylation sites (tertiary alicyclic amines) is 1. The summed E-state index contributed by atoms with van der Waals surface area (Å²) in [6, 6.07) is 11.7. The molecule has 4 rings (SSSR count). The normalized spacial score (nSPS) is 13.8. The summed E-state index contributed by atoms with van der Waals surface area (Å²) in [5, 5.41) is 6.14. The molecule has 0 saturated carbocycles. The van der Waals surface area contributed by atoms with Crippen molar-refractivity contribution in [2.45, 2.75) is 32.7 Å². The zero-order chi connectivity index (χ0) is 20.2. The van der Waals surface area contributed by atoms with E-state index >= 15 is 0 Å². The van der Waals surface area contributed by atoms with Crippen molar-refractivity contribution in [3.63, 3.8) is 0 Å². The first-order valence-electron chi connectivity index (χ1n) is 9.74. The van der Waals surface area contributed by atoms with Gasteiger partial charge in [0.15, 0.2) is 0 Å². The van der Waals surface area contributed by atoms with Gasteiger partial charge in [0.05, 0.1) is 15.6 Å². The molecule has 1 aliphatic heterocycles. The number of hydrogen-bond donors (Lipinski definition) is 1. The molecule has 3 aromatic rings. The van der Waals surface area contributed by atoms with Crippen molar-refractivity contribution in [1.29, 1.82) is 0 Å². The Kier molecular flexibility index (Phi) is 6.06. The highest BCUT2D eigenvalue weighted by atomic mass is 32.1. The van der Waals surface area contributed by atoms with E-state index in [0.29, 0.717) is 25.1 Å². The number of rotatable bonds is 7. The van der Waals surface area contributed by atoms with E-state index in [1.54, 1.807) is 22.7 Å². The van der Waals surface area contributed by atoms with E-state index in [0.717, 1.165) is 35.7 Å². The second kappa shape index (κ2) is 8.88. The smallest absolute Gasteiger partial charge is 0.251 e. The summed E-state index contributed by atoms with van der Waals surface area (Å²) in [5.41, 5.74) is 2.73. The molecule has 150 valence electrons. The summed E-state index contributed by atoms with van der Waals surface area (Å²) in [4.78, 5) is 32.9. The predicted molar refractivity (Wildman–Crippen MR) is 117 cm³/mol. The molecule has 29 heavy (non-hydrogen) atoms. The largest absolute Gasteiger partial charge is 0.352 e. The maximum Gasteiger partial charge on any atom is 0.251 e. The molecule has 0 atom stereocenters. The van der Waals surface area contributed by atoms with Crippen molar-refractivity contribution in [2.75, 3.05) is 13.1 Å². The Balaban J connectivity index is 1.26. The molecule has 0 bridgehead atoms. The third-order valence-corrected chi connectivity index (χ3v) is 6.89. The van der Waals surface area contributed by atoms with E-state index in [4.69, 9.17) is 0 Å². The summed E-state index contributed by atoms with van der Waals surface area (Å²) in [6.45, 7) is 4.06. The quantitative estimate of drug-likeness (QED) is 0.615. The predicted octanol–water partition coefficient (Wildman–Crippen LogP) is 4.27. The number of carbonyl (C=O) groups is 2. The molecule has 0 radical (unpaired) electrons. The zero-order valence-electron chi connectivity index (χ0n) is 16.3. The Bertz CT molecular complexity index is 1010. The van der Waals surface area contributed by atoms with Crippen molar-refractivity contribution >= 4 is 34.5 Å². The Morgan fingerprint density at radius 1 is 1.21 bits per heavy atom. The van der Waals surface area contributed by atoms with Crippen molar-refractivity contribution in [1.82, 2.24) is 15.2 Å². The molecule has 1 saturated heterocycles. The first-order valence-corrected chi connectivity index (χ1v) is 11.4. The van der Waals surface area contributed by atoms with Crippen LogP contribution in [0.15, 0.2) is 41.8 Å². The summed E-state index contributed by atoms with van der Waals surface area (Å²) >= 11 is 3.38. The average molecular weight is 426 g/mol. The molecule has 3 heterocycles. The van der Waals surface area contributed by atoms with Crippen LogP contribution in [0.25, 0.3) is 10.6 Å². The molecule has 2 aromatic heterocycles. The number of nitrogens with one attached hydrogen (secondary N) is 1. The van der Waals surface area contributed by atoms with E-state index in [1.165, 1.54) is 9.75 Å². The lowest BCUT2D eigenvalue weighted by Crippen LogP contribution is -2.26. The number of aromatic nitrogens is 1. The SMILES string of the molecule is Cc1nc(-c2ccc(CCNC(=O)c3ccc(CN4CCCC4=O)cc3)s2)cs1. The summed E-state index contributed by atoms with van der Waals surface area (Å²) in [7, 11) is 0. The van der Waals surface area contributed by atoms with Gasteiger partial charge in [-0.05, 0) is 49.6 Å². The van der Waals surface area contributed by atoms with Crippen LogP contribution in [0.1, 0.15) is 38.6 Å². The molecule has 1 aromatic carbocycles. The lowest BCUT2D eigenvalue weighted by molar-refractivity contribution is -0.128. The number of thiazole rings is 1. The first-order chi connectivity index (χ1) is 14.1. The number of thiophene rings is 1. The van der Waals surface area contributed by atoms with Crippen LogP contribution in [0.5, 0.6) is 0 Å². The number of carbonyl (C=O) groups excluding carboxylic acids is 2. The number of benzene rings is 1. The van der Waals surface area contributed by atoms with Gasteiger partial charge in [0, 0.05) is 41.9 Å². The van der Waals surface area contributed by atoms with Gasteiger partial charge >= 0.3 is 0 Å². The topological polar surface area (TPSA) is 62.3 Å². The Morgan fingerprint density at radius 2 is 2.03 bits per heavy atom. The van der Waals surface area contributed by atoms with Crippen LogP contribution in [-0.2, 0) is 17.8 Å². The lowest BCUT2D eigenvalue weighted by Gasteiger charge is -2.15. The molecule has 1 N–H and O–H groups in total. The first kappa shape index (κ1) is 19.8. The van der Waals surface area contributed by atoms with Gasteiger partial charge in [-0.25, -0.2) is 4.98 Å². The van der Waals surface area contributed by atoms with Crippen LogP contribution in [-0.4, -0.2) is 34.8 Å². The second-order valence-electron chi connectivity index (χ2n) is 7.14. The second-order valence-corrected chi connectivity index (χ2v) is 9.37. The summed E-state index contributed by atoms with van der Waals surface area (Å²) in [6.07, 6.45) is 2.39. The van der Waals surface area contributed by atoms with E-state index in [2.05, 4.69) is 27.8 Å². The molecule has 7 heteroatoms. The number of aryl methyl sites for hydroxylation is 1. The maximum atomic E-state index is 12.4. The minimum absolute atomic E-state index is 0.0688. The van der Waals surface area contributed by atoms with E-state index in [1.807, 2.05) is 36.1 Å². The van der Waals surface area contributed by atoms with Gasteiger partial charge in [-0.2, -0.15) is 0 Å². The number of nitrogens with zero attached hydrogens (tertiary/aromatic N) is 2. The van der Waals surface area contributed by atoms with Crippen LogP contribution in [0.2, 0.25) is 0 Å². The van der Waals surface area contributed by atoms with Gasteiger partial charge in [0.25, 0.3) is 5.91 Å². The van der Waals surface area contributed by atoms with E-state index in [9.17, 15) is 9.59 Å². The van der Waals surface area contributed by atoms with Gasteiger partial charge in [-0.3, -0.25) is 9.59 Å². The summed E-state index contributed by atoms with van der Waals surface area (Å²) in [5.74, 6) is 0.147. The van der Waals surface area contributed by atoms with Crippen LogP contribution >= 0.6 is 22.7 Å². The average Bonchev–Trinajstić information content (AvgIpc) is 3.45. The molecular formula is C22H23N3O2S2. The Morgan fingerprint density at radius 3 is 2.72 bits per heavy atom. The fourth-order valence-electron chi connectivity index (χ4n) is 3.38. The highest BCUT2D eigenvalue weighted by molar-refractivity contribution is 7.16. The van der Waals surface area contributed by atoms with Crippen molar-refractivity contribution < 1.29 is 9.59 Å². The van der Waals surface area contributed by atoms with Crippen molar-refractivity contribution in [3.8, 4) is 10.6 Å². The zero-order valence-corrected chi connectivity index (χ0v) is 17.9. The van der Waals surface area contributed by atoms with E-state index in [-0.39, 0.29) is 11.8 Å². The standard InChI is InChI=1S/C22H23N3O2S2/c1-15-24-19(14-28-15)20-9-8-18(29-20)10-11-23-22(27)17-6-4-16(5-7-17)13-25-12-2-3-21(25)26/h4-9,14H,2-3,10-13H2,1H3,(H,23,27). The van der Waals surface area contributed by atoms with Gasteiger partial charge in [0.1, 0.15) is 0 Å². The van der Waals surface area contributed by atoms with Gasteiger partial charge in [-0.15, -0.1) is 22.7 Å². The fraction of sp³-hybridized carbons (Fsp3) is 0.318. The number of amides is 2. The molecular weight excluding hydrogens is 402 g/mol. The molecule has 1 aliphatic rings. The minimum atomic E-state index is -0.0688. The van der Waals surface area contributed by atoms with Crippen LogP contribution in [0.4, 0.5) is 0 Å². The Labute approximate surface area is 178 Å². The lowest BCUT2D eigenvalue weighted by atomic mass is 10.1. The summed E-state index contributed by atoms with van der Waals surface area (Å²) < 4.78 is 0. The third-order valence-electron chi connectivity index (χ3n) is 4.95. The fourth-order valence-corrected chi connectivity index (χ4v) is 5.04. The molecule has 5 nitrogen and oxygen atoms in total. The molecule has 2 amide bonds. The maximum absolute atomic E-state index is 12.4. The van der Waals surface area contributed by atoms with Crippen molar-refractivity contribution in [2.24, 2.45) is 0 Å². The van der Waals surface area contributed by atoms with Gasteiger partial charge in [0.2, 0.25) is 5.91 Å². The molecule has 1 fully saturated rings. The Hall–Kier alpha value is -2.51. The van der Waals surface area contributed by atoms with Crippen molar-refractivity contribution in [3.05, 3.63) is 62.8 Å². The van der Waals surface area contributed by atoms with E-state index < -0.39 is 0 Å². The molecule has 0 spiro atoms. The van der Waals surface area contributed by atoms with Gasteiger partial charge in [-0.1, -0.05) is 12.1 Å². The third kappa shape index (κ3) is 4.92. The highest BCUT2D eigenvalue weighted by Crippen LogP contribution is 2.29. The minimum Gasteiger partial charge on any atom is -0.352 e. The molecule has 0 aliphatic carbocycles. The van der Waals surface area contributed by atoms with Crippen LogP contribution < -0.4 is 5.32 Å². The molecule has 0 unspecified atom stereocenters. The number of hydrogen-bond acceptors (Lipinski definition) is 5. The van der Waals surface area contributed by atoms with Gasteiger partial charge < -0.3 is 10.2 Å². The van der Waals surface area contributed by atoms with Crippen LogP contribution in [0.3, 0.4) is 0 Å². The van der Waals surface area contributed by atoms with Crippen LogP contribution in [0, 0.1) is 6.92 Å².